The van der Waals surface area contributed by atoms with Gasteiger partial charge in [0.1, 0.15) is 17.2 Å². The highest BCUT2D eigenvalue weighted by Crippen LogP contribution is 2.41. The van der Waals surface area contributed by atoms with E-state index < -0.39 is 11.9 Å². The third-order valence-corrected chi connectivity index (χ3v) is 3.79. The first-order valence-corrected chi connectivity index (χ1v) is 7.77. The Labute approximate surface area is 152 Å². The predicted octanol–water partition coefficient (Wildman–Crippen LogP) is 5.62. The van der Waals surface area contributed by atoms with Gasteiger partial charge in [-0.3, -0.25) is 0 Å². The van der Waals surface area contributed by atoms with E-state index >= 15 is 0 Å². The van der Waals surface area contributed by atoms with Crippen LogP contribution in [0.1, 0.15) is 5.69 Å². The van der Waals surface area contributed by atoms with Crippen LogP contribution >= 0.6 is 11.6 Å². The summed E-state index contributed by atoms with van der Waals surface area (Å²) in [5.41, 5.74) is 0.105. The van der Waals surface area contributed by atoms with Crippen LogP contribution in [0.3, 0.4) is 0 Å². The molecule has 0 saturated heterocycles. The summed E-state index contributed by atoms with van der Waals surface area (Å²) < 4.78 is 48.8. The summed E-state index contributed by atoms with van der Waals surface area (Å²) in [6.07, 6.45) is -2.02. The minimum absolute atomic E-state index is 0.115. The molecule has 134 valence electrons. The Morgan fingerprint density at radius 3 is 2.46 bits per heavy atom. The zero-order valence-corrected chi connectivity index (χ0v) is 14.2. The van der Waals surface area contributed by atoms with Crippen molar-refractivity contribution in [3.05, 3.63) is 65.6 Å². The third kappa shape index (κ3) is 3.72. The normalized spacial score (nSPS) is 11.3. The van der Waals surface area contributed by atoms with Gasteiger partial charge in [0.25, 0.3) is 0 Å². The second-order valence-corrected chi connectivity index (χ2v) is 5.56. The fraction of sp³-hybridized carbons (Fsp3) is 0.111. The molecular weight excluding hydrogens is 369 g/mol. The van der Waals surface area contributed by atoms with Crippen LogP contribution < -0.4 is 9.47 Å². The summed E-state index contributed by atoms with van der Waals surface area (Å²) in [7, 11) is 1.51. The van der Waals surface area contributed by atoms with Gasteiger partial charge in [-0.1, -0.05) is 17.7 Å². The Balaban J connectivity index is 1.99. The molecule has 0 fully saturated rings. The second-order valence-electron chi connectivity index (χ2n) is 5.15. The van der Waals surface area contributed by atoms with E-state index in [1.54, 1.807) is 30.3 Å². The number of aromatic nitrogens is 2. The number of methoxy groups -OCH3 is 1. The third-order valence-electron chi connectivity index (χ3n) is 3.48. The van der Waals surface area contributed by atoms with Crippen LogP contribution in [0.15, 0.2) is 54.9 Å². The number of alkyl halides is 3. The van der Waals surface area contributed by atoms with E-state index in [9.17, 15) is 13.2 Å². The predicted molar refractivity (Wildman–Crippen MR) is 90.5 cm³/mol. The van der Waals surface area contributed by atoms with Gasteiger partial charge in [-0.15, -0.1) is 0 Å². The number of pyridine rings is 2. The van der Waals surface area contributed by atoms with Gasteiger partial charge < -0.3 is 9.47 Å². The molecule has 8 heteroatoms. The van der Waals surface area contributed by atoms with Crippen molar-refractivity contribution in [3.63, 3.8) is 0 Å². The monoisotopic (exact) mass is 380 g/mol. The molecule has 0 aliphatic heterocycles. The average molecular weight is 381 g/mol. The number of halogens is 4. The first-order chi connectivity index (χ1) is 12.4. The van der Waals surface area contributed by atoms with Gasteiger partial charge in [0.2, 0.25) is 5.88 Å². The van der Waals surface area contributed by atoms with Crippen LogP contribution in [-0.4, -0.2) is 17.1 Å². The van der Waals surface area contributed by atoms with Crippen LogP contribution in [0.2, 0.25) is 5.02 Å². The van der Waals surface area contributed by atoms with E-state index in [4.69, 9.17) is 21.1 Å². The summed E-state index contributed by atoms with van der Waals surface area (Å²) in [5.74, 6) is 0.797. The van der Waals surface area contributed by atoms with Crippen molar-refractivity contribution in [3.8, 4) is 28.5 Å². The van der Waals surface area contributed by atoms with E-state index in [1.807, 2.05) is 0 Å². The van der Waals surface area contributed by atoms with Gasteiger partial charge >= 0.3 is 6.18 Å². The molecule has 0 aliphatic rings. The first-order valence-electron chi connectivity index (χ1n) is 7.39. The van der Waals surface area contributed by atoms with Gasteiger partial charge in [-0.05, 0) is 36.4 Å². The molecule has 0 radical (unpaired) electrons. The molecule has 0 amide bonds. The van der Waals surface area contributed by atoms with Crippen LogP contribution in [0.5, 0.6) is 17.4 Å². The van der Waals surface area contributed by atoms with E-state index in [-0.39, 0.29) is 11.6 Å². The molecule has 0 saturated carbocycles. The maximum absolute atomic E-state index is 12.6. The highest BCUT2D eigenvalue weighted by atomic mass is 35.5. The zero-order valence-electron chi connectivity index (χ0n) is 13.4. The summed E-state index contributed by atoms with van der Waals surface area (Å²) in [5, 5.41) is 0.424. The smallest absolute Gasteiger partial charge is 0.433 e. The lowest BCUT2D eigenvalue weighted by molar-refractivity contribution is -0.141. The average Bonchev–Trinajstić information content (AvgIpc) is 2.62. The molecule has 3 aromatic rings. The van der Waals surface area contributed by atoms with Gasteiger partial charge in [0.05, 0.1) is 18.3 Å². The van der Waals surface area contributed by atoms with E-state index in [0.717, 1.165) is 12.3 Å². The van der Waals surface area contributed by atoms with Gasteiger partial charge in [-0.25, -0.2) is 9.97 Å². The molecule has 0 unspecified atom stereocenters. The number of benzene rings is 1. The topological polar surface area (TPSA) is 44.2 Å². The number of hydrogen-bond acceptors (Lipinski definition) is 4. The first kappa shape index (κ1) is 18.0. The lowest BCUT2D eigenvalue weighted by atomic mass is 10.1. The summed E-state index contributed by atoms with van der Waals surface area (Å²) in [6.45, 7) is 0. The van der Waals surface area contributed by atoms with Gasteiger partial charge in [-0.2, -0.15) is 13.2 Å². The SMILES string of the molecule is COc1cccc(Cl)c1-c1cccnc1Oc1ccc(C(F)(F)F)nc1. The zero-order chi connectivity index (χ0) is 18.7. The van der Waals surface area contributed by atoms with Crippen molar-refractivity contribution in [1.29, 1.82) is 0 Å². The molecule has 0 atom stereocenters. The molecule has 2 heterocycles. The lowest BCUT2D eigenvalue weighted by Gasteiger charge is -2.14. The quantitative estimate of drug-likeness (QED) is 0.589. The van der Waals surface area contributed by atoms with Crippen molar-refractivity contribution < 1.29 is 22.6 Å². The Morgan fingerprint density at radius 1 is 1.00 bits per heavy atom. The van der Waals surface area contributed by atoms with Crippen LogP contribution in [0, 0.1) is 0 Å². The number of nitrogens with zero attached hydrogens (tertiary/aromatic N) is 2. The summed E-state index contributed by atoms with van der Waals surface area (Å²) in [6, 6.07) is 10.6. The molecule has 4 nitrogen and oxygen atoms in total. The van der Waals surface area contributed by atoms with Crippen LogP contribution in [0.4, 0.5) is 13.2 Å². The van der Waals surface area contributed by atoms with Crippen molar-refractivity contribution in [1.82, 2.24) is 9.97 Å². The van der Waals surface area contributed by atoms with E-state index in [1.165, 1.54) is 19.4 Å². The molecule has 26 heavy (non-hydrogen) atoms. The molecule has 2 aromatic heterocycles. The largest absolute Gasteiger partial charge is 0.496 e. The number of rotatable bonds is 4. The maximum atomic E-state index is 12.6. The van der Waals surface area contributed by atoms with E-state index in [2.05, 4.69) is 9.97 Å². The molecule has 0 aliphatic carbocycles. The van der Waals surface area contributed by atoms with Crippen molar-refractivity contribution in [2.45, 2.75) is 6.18 Å². The molecule has 1 aromatic carbocycles. The Bertz CT molecular complexity index is 915. The van der Waals surface area contributed by atoms with E-state index in [0.29, 0.717) is 21.9 Å². The fourth-order valence-corrected chi connectivity index (χ4v) is 2.59. The molecule has 0 bridgehead atoms. The standard InChI is InChI=1S/C18H12ClF3N2O2/c1-25-14-6-2-5-13(19)16(14)12-4-3-9-23-17(12)26-11-7-8-15(24-10-11)18(20,21)22/h2-10H,1H3. The lowest BCUT2D eigenvalue weighted by Crippen LogP contribution is -2.07. The van der Waals surface area contributed by atoms with Crippen LogP contribution in [-0.2, 0) is 6.18 Å². The summed E-state index contributed by atoms with van der Waals surface area (Å²) in [4.78, 5) is 7.52. The second kappa shape index (κ2) is 7.21. The maximum Gasteiger partial charge on any atom is 0.433 e. The van der Waals surface area contributed by atoms with Gasteiger partial charge in [0, 0.05) is 17.3 Å². The molecule has 3 rings (SSSR count). The molecule has 0 N–H and O–H groups in total. The minimum atomic E-state index is -4.51. The van der Waals surface area contributed by atoms with Crippen LogP contribution in [0.25, 0.3) is 11.1 Å². The highest BCUT2D eigenvalue weighted by Gasteiger charge is 2.32. The van der Waals surface area contributed by atoms with Crippen molar-refractivity contribution >= 4 is 11.6 Å². The van der Waals surface area contributed by atoms with Crippen molar-refractivity contribution in [2.75, 3.05) is 7.11 Å². The Hall–Kier alpha value is -2.80. The number of ether oxygens (including phenoxy) is 2. The highest BCUT2D eigenvalue weighted by molar-refractivity contribution is 6.33. The minimum Gasteiger partial charge on any atom is -0.496 e. The van der Waals surface area contributed by atoms with Crippen molar-refractivity contribution in [2.24, 2.45) is 0 Å². The Kier molecular flexibility index (Phi) is 4.99. The fourth-order valence-electron chi connectivity index (χ4n) is 2.32. The number of hydrogen-bond donors (Lipinski definition) is 0. The molecular formula is C18H12ClF3N2O2. The summed E-state index contributed by atoms with van der Waals surface area (Å²) >= 11 is 6.29. The van der Waals surface area contributed by atoms with Gasteiger partial charge in [0.15, 0.2) is 0 Å². The Morgan fingerprint density at radius 2 is 1.81 bits per heavy atom. The molecule has 0 spiro atoms.